The lowest BCUT2D eigenvalue weighted by Gasteiger charge is -2.40. The number of nitrogens with one attached hydrogen (secondary N) is 1. The number of aromatic nitrogens is 1. The largest absolute Gasteiger partial charge is 0.364 e. The molecule has 88 valence electrons. The maximum Gasteiger partial charge on any atom is 0.0585 e. The number of rotatable bonds is 2. The minimum absolute atomic E-state index is 0.580. The first kappa shape index (κ1) is 11.4. The molecule has 3 nitrogen and oxygen atoms in total. The molecule has 16 heavy (non-hydrogen) atoms. The molecule has 1 N–H and O–H groups in total. The van der Waals surface area contributed by atoms with Gasteiger partial charge in [0.2, 0.25) is 0 Å². The molecule has 1 aromatic rings. The Morgan fingerprint density at radius 3 is 3.00 bits per heavy atom. The number of nitrogens with zero attached hydrogens (tertiary/aromatic N) is 2. The maximum absolute atomic E-state index is 4.25. The van der Waals surface area contributed by atoms with Gasteiger partial charge in [0.05, 0.1) is 11.9 Å². The molecule has 1 atom stereocenters. The molecule has 1 saturated heterocycles. The van der Waals surface area contributed by atoms with Crippen LogP contribution in [-0.2, 0) is 0 Å². The summed E-state index contributed by atoms with van der Waals surface area (Å²) in [6, 6.07) is 2.67. The number of hydrogen-bond donors (Lipinski definition) is 1. The highest BCUT2D eigenvalue weighted by molar-refractivity contribution is 5.52. The third-order valence-electron chi connectivity index (χ3n) is 3.37. The molecule has 0 aromatic carbocycles. The SMILES string of the molecule is Cc1ccncc1N1CCNCC1C(C)C. The second-order valence-corrected chi connectivity index (χ2v) is 4.87. The minimum Gasteiger partial charge on any atom is -0.364 e. The lowest BCUT2D eigenvalue weighted by molar-refractivity contribution is 0.390. The molecular formula is C13H21N3. The van der Waals surface area contributed by atoms with Crippen LogP contribution in [0.4, 0.5) is 5.69 Å². The van der Waals surface area contributed by atoms with E-state index in [1.54, 1.807) is 0 Å². The van der Waals surface area contributed by atoms with Crippen LogP contribution in [-0.4, -0.2) is 30.7 Å². The van der Waals surface area contributed by atoms with Crippen molar-refractivity contribution in [3.63, 3.8) is 0 Å². The van der Waals surface area contributed by atoms with Crippen molar-refractivity contribution in [2.75, 3.05) is 24.5 Å². The fourth-order valence-corrected chi connectivity index (χ4v) is 2.38. The normalized spacial score (nSPS) is 21.5. The van der Waals surface area contributed by atoms with Gasteiger partial charge in [-0.25, -0.2) is 0 Å². The topological polar surface area (TPSA) is 28.2 Å². The first-order chi connectivity index (χ1) is 7.70. The van der Waals surface area contributed by atoms with Crippen molar-refractivity contribution in [3.05, 3.63) is 24.0 Å². The molecule has 0 amide bonds. The van der Waals surface area contributed by atoms with Crippen LogP contribution >= 0.6 is 0 Å². The fourth-order valence-electron chi connectivity index (χ4n) is 2.38. The number of pyridine rings is 1. The molecule has 1 aromatic heterocycles. The molecule has 2 heterocycles. The van der Waals surface area contributed by atoms with E-state index in [9.17, 15) is 0 Å². The van der Waals surface area contributed by atoms with Crippen molar-refractivity contribution in [3.8, 4) is 0 Å². The van der Waals surface area contributed by atoms with Gasteiger partial charge in [-0.15, -0.1) is 0 Å². The van der Waals surface area contributed by atoms with Gasteiger partial charge in [0.25, 0.3) is 0 Å². The summed E-state index contributed by atoms with van der Waals surface area (Å²) < 4.78 is 0. The standard InChI is InChI=1S/C13H21N3/c1-10(2)12-8-15-6-7-16(12)13-9-14-5-4-11(13)3/h4-5,9-10,12,15H,6-8H2,1-3H3. The Morgan fingerprint density at radius 1 is 1.50 bits per heavy atom. The Balaban J connectivity index is 2.27. The average Bonchev–Trinajstić information content (AvgIpc) is 2.29. The van der Waals surface area contributed by atoms with Crippen LogP contribution in [0, 0.1) is 12.8 Å². The van der Waals surface area contributed by atoms with Crippen LogP contribution in [0.2, 0.25) is 0 Å². The fraction of sp³-hybridized carbons (Fsp3) is 0.615. The molecule has 0 spiro atoms. The van der Waals surface area contributed by atoms with Crippen LogP contribution in [0.3, 0.4) is 0 Å². The van der Waals surface area contributed by atoms with E-state index in [0.717, 1.165) is 19.6 Å². The summed E-state index contributed by atoms with van der Waals surface area (Å²) in [5.74, 6) is 0.660. The molecule has 0 aliphatic carbocycles. The van der Waals surface area contributed by atoms with E-state index < -0.39 is 0 Å². The first-order valence-electron chi connectivity index (χ1n) is 6.08. The highest BCUT2D eigenvalue weighted by Gasteiger charge is 2.25. The summed E-state index contributed by atoms with van der Waals surface area (Å²) in [7, 11) is 0. The van der Waals surface area contributed by atoms with E-state index in [0.29, 0.717) is 12.0 Å². The Bertz CT molecular complexity index is 349. The summed E-state index contributed by atoms with van der Waals surface area (Å²) in [6.45, 7) is 9.96. The van der Waals surface area contributed by atoms with Crippen LogP contribution in [0.15, 0.2) is 18.5 Å². The highest BCUT2D eigenvalue weighted by atomic mass is 15.2. The van der Waals surface area contributed by atoms with Crippen LogP contribution in [0.1, 0.15) is 19.4 Å². The Hall–Kier alpha value is -1.09. The number of anilines is 1. The molecule has 3 heteroatoms. The van der Waals surface area contributed by atoms with E-state index in [2.05, 4.69) is 42.0 Å². The number of hydrogen-bond acceptors (Lipinski definition) is 3. The zero-order chi connectivity index (χ0) is 11.5. The zero-order valence-electron chi connectivity index (χ0n) is 10.4. The Morgan fingerprint density at radius 2 is 2.31 bits per heavy atom. The number of piperazine rings is 1. The smallest absolute Gasteiger partial charge is 0.0585 e. The molecular weight excluding hydrogens is 198 g/mol. The van der Waals surface area contributed by atoms with Gasteiger partial charge in [0, 0.05) is 31.9 Å². The predicted molar refractivity (Wildman–Crippen MR) is 67.8 cm³/mol. The van der Waals surface area contributed by atoms with Gasteiger partial charge in [-0.2, -0.15) is 0 Å². The number of aryl methyl sites for hydroxylation is 1. The predicted octanol–water partition coefficient (Wildman–Crippen LogP) is 1.82. The molecule has 2 rings (SSSR count). The summed E-state index contributed by atoms with van der Waals surface area (Å²) in [5, 5.41) is 3.47. The molecule has 0 saturated carbocycles. The summed E-state index contributed by atoms with van der Waals surface area (Å²) in [5.41, 5.74) is 2.62. The second kappa shape index (κ2) is 4.83. The lowest BCUT2D eigenvalue weighted by Crippen LogP contribution is -2.54. The van der Waals surface area contributed by atoms with Crippen LogP contribution in [0.5, 0.6) is 0 Å². The van der Waals surface area contributed by atoms with Crippen molar-refractivity contribution in [1.29, 1.82) is 0 Å². The third-order valence-corrected chi connectivity index (χ3v) is 3.37. The van der Waals surface area contributed by atoms with Crippen molar-refractivity contribution in [1.82, 2.24) is 10.3 Å². The van der Waals surface area contributed by atoms with Gasteiger partial charge >= 0.3 is 0 Å². The first-order valence-corrected chi connectivity index (χ1v) is 6.08. The quantitative estimate of drug-likeness (QED) is 0.822. The Kier molecular flexibility index (Phi) is 3.44. The molecule has 0 bridgehead atoms. The summed E-state index contributed by atoms with van der Waals surface area (Å²) >= 11 is 0. The van der Waals surface area contributed by atoms with E-state index in [4.69, 9.17) is 0 Å². The maximum atomic E-state index is 4.25. The minimum atomic E-state index is 0.580. The van der Waals surface area contributed by atoms with Gasteiger partial charge in [-0.1, -0.05) is 13.8 Å². The molecule has 1 fully saturated rings. The molecule has 0 radical (unpaired) electrons. The van der Waals surface area contributed by atoms with Gasteiger partial charge in [-0.05, 0) is 24.5 Å². The second-order valence-electron chi connectivity index (χ2n) is 4.87. The highest BCUT2D eigenvalue weighted by Crippen LogP contribution is 2.24. The van der Waals surface area contributed by atoms with Gasteiger partial charge in [-0.3, -0.25) is 4.98 Å². The molecule has 1 aliphatic heterocycles. The van der Waals surface area contributed by atoms with Crippen LogP contribution < -0.4 is 10.2 Å². The Labute approximate surface area is 97.9 Å². The average molecular weight is 219 g/mol. The monoisotopic (exact) mass is 219 g/mol. The van der Waals surface area contributed by atoms with Gasteiger partial charge in [0.15, 0.2) is 0 Å². The van der Waals surface area contributed by atoms with Crippen molar-refractivity contribution >= 4 is 5.69 Å². The third kappa shape index (κ3) is 2.19. The van der Waals surface area contributed by atoms with Gasteiger partial charge in [0.1, 0.15) is 0 Å². The molecule has 1 aliphatic rings. The lowest BCUT2D eigenvalue weighted by atomic mass is 9.99. The van der Waals surface area contributed by atoms with E-state index >= 15 is 0 Å². The summed E-state index contributed by atoms with van der Waals surface area (Å²) in [4.78, 5) is 6.76. The van der Waals surface area contributed by atoms with Crippen molar-refractivity contribution < 1.29 is 0 Å². The zero-order valence-corrected chi connectivity index (χ0v) is 10.4. The molecule has 1 unspecified atom stereocenters. The van der Waals surface area contributed by atoms with E-state index in [1.165, 1.54) is 11.3 Å². The van der Waals surface area contributed by atoms with Crippen molar-refractivity contribution in [2.24, 2.45) is 5.92 Å². The van der Waals surface area contributed by atoms with Crippen LogP contribution in [0.25, 0.3) is 0 Å². The van der Waals surface area contributed by atoms with Crippen molar-refractivity contribution in [2.45, 2.75) is 26.8 Å². The van der Waals surface area contributed by atoms with E-state index in [1.807, 2.05) is 12.4 Å². The summed E-state index contributed by atoms with van der Waals surface area (Å²) in [6.07, 6.45) is 3.86. The van der Waals surface area contributed by atoms with Gasteiger partial charge < -0.3 is 10.2 Å². The van der Waals surface area contributed by atoms with E-state index in [-0.39, 0.29) is 0 Å².